The molecule has 0 saturated carbocycles. The van der Waals surface area contributed by atoms with Gasteiger partial charge in [-0.25, -0.2) is 0 Å². The fourth-order valence-electron chi connectivity index (χ4n) is 2.42. The minimum Gasteiger partial charge on any atom is -0.468 e. The quantitative estimate of drug-likeness (QED) is 0.136. The first-order valence-corrected chi connectivity index (χ1v) is 10.5. The molecule has 2 atom stereocenters. The van der Waals surface area contributed by atoms with Crippen LogP contribution in [-0.2, 0) is 28.7 Å². The summed E-state index contributed by atoms with van der Waals surface area (Å²) in [6, 6.07) is 0.683. The van der Waals surface area contributed by atoms with Crippen LogP contribution in [0.5, 0.6) is 0 Å². The van der Waals surface area contributed by atoms with E-state index in [-0.39, 0.29) is 23.5 Å². The molecule has 1 aromatic rings. The number of nitro groups is 2. The predicted molar refractivity (Wildman–Crippen MR) is 117 cm³/mol. The largest absolute Gasteiger partial charge is 0.468 e. The lowest BCUT2D eigenvalue weighted by Gasteiger charge is -2.18. The maximum atomic E-state index is 12.5. The molecule has 186 valence electrons. The van der Waals surface area contributed by atoms with Gasteiger partial charge in [0.15, 0.2) is 0 Å². The molecule has 0 aromatic heterocycles. The van der Waals surface area contributed by atoms with Crippen LogP contribution >= 0.6 is 11.8 Å². The van der Waals surface area contributed by atoms with Gasteiger partial charge in [0.05, 0.1) is 35.0 Å². The van der Waals surface area contributed by atoms with Crippen LogP contribution in [0.1, 0.15) is 12.8 Å². The summed E-state index contributed by atoms with van der Waals surface area (Å²) in [5.41, 5.74) is 4.54. The Balaban J connectivity index is 2.96. The van der Waals surface area contributed by atoms with Crippen LogP contribution in [0, 0.1) is 20.2 Å². The SMILES string of the molecule is COC(=O)CNC(=O)[C@H](CSc1ccc([N+](=O)[O-])cc1[N+](=O)[O-])NC(=O)CCC(N)C(=O)OC. The van der Waals surface area contributed by atoms with E-state index in [9.17, 15) is 39.4 Å². The molecular weight excluding hydrogens is 478 g/mol. The van der Waals surface area contributed by atoms with E-state index >= 15 is 0 Å². The molecule has 1 rings (SSSR count). The van der Waals surface area contributed by atoms with Crippen LogP contribution < -0.4 is 16.4 Å². The highest BCUT2D eigenvalue weighted by molar-refractivity contribution is 7.99. The summed E-state index contributed by atoms with van der Waals surface area (Å²) in [5, 5.41) is 26.9. The molecule has 0 spiro atoms. The van der Waals surface area contributed by atoms with Gasteiger partial charge >= 0.3 is 11.9 Å². The van der Waals surface area contributed by atoms with Crippen molar-refractivity contribution in [3.05, 3.63) is 38.4 Å². The van der Waals surface area contributed by atoms with Crippen LogP contribution in [0.15, 0.2) is 23.1 Å². The fourth-order valence-corrected chi connectivity index (χ4v) is 3.44. The normalized spacial score (nSPS) is 12.1. The third kappa shape index (κ3) is 8.99. The van der Waals surface area contributed by atoms with Gasteiger partial charge in [-0.15, -0.1) is 11.8 Å². The third-order valence-corrected chi connectivity index (χ3v) is 5.38. The number of nitro benzene ring substituents is 2. The first-order valence-electron chi connectivity index (χ1n) is 9.53. The molecule has 16 heteroatoms. The standard InChI is InChI=1S/C18H23N5O10S/c1-32-16(25)8-20-17(26)12(21-15(24)6-4-11(19)18(27)33-2)9-34-14-5-3-10(22(28)29)7-13(14)23(30)31/h3,5,7,11-12H,4,6,8-9,19H2,1-2H3,(H,20,26)(H,21,24)/t11?,12-/m0/s1. The molecule has 0 saturated heterocycles. The zero-order chi connectivity index (χ0) is 25.8. The Labute approximate surface area is 197 Å². The summed E-state index contributed by atoms with van der Waals surface area (Å²) >= 11 is 0.792. The van der Waals surface area contributed by atoms with Gasteiger partial charge in [-0.2, -0.15) is 0 Å². The van der Waals surface area contributed by atoms with Crippen molar-refractivity contribution in [3.8, 4) is 0 Å². The molecule has 0 aliphatic heterocycles. The lowest BCUT2D eigenvalue weighted by Crippen LogP contribution is -2.49. The van der Waals surface area contributed by atoms with Gasteiger partial charge in [0.2, 0.25) is 11.8 Å². The maximum Gasteiger partial charge on any atom is 0.325 e. The van der Waals surface area contributed by atoms with E-state index in [0.29, 0.717) is 0 Å². The average molecular weight is 501 g/mol. The molecular formula is C18H23N5O10S. The molecule has 0 aliphatic carbocycles. The number of nitrogens with zero attached hydrogens (tertiary/aromatic N) is 2. The molecule has 0 radical (unpaired) electrons. The first kappa shape index (κ1) is 28.2. The van der Waals surface area contributed by atoms with Gasteiger partial charge in [-0.05, 0) is 12.5 Å². The second-order valence-electron chi connectivity index (χ2n) is 6.56. The monoisotopic (exact) mass is 501 g/mol. The van der Waals surface area contributed by atoms with Gasteiger partial charge in [0.1, 0.15) is 18.6 Å². The van der Waals surface area contributed by atoms with Crippen molar-refractivity contribution in [2.45, 2.75) is 29.8 Å². The van der Waals surface area contributed by atoms with Crippen LogP contribution in [0.2, 0.25) is 0 Å². The number of hydrogen-bond acceptors (Lipinski definition) is 12. The van der Waals surface area contributed by atoms with Crippen molar-refractivity contribution in [1.82, 2.24) is 10.6 Å². The van der Waals surface area contributed by atoms with Crippen molar-refractivity contribution in [2.75, 3.05) is 26.5 Å². The summed E-state index contributed by atoms with van der Waals surface area (Å²) in [6.07, 6.45) is -0.310. The predicted octanol–water partition coefficient (Wildman–Crippen LogP) is -0.350. The number of methoxy groups -OCH3 is 2. The van der Waals surface area contributed by atoms with Gasteiger partial charge in [0, 0.05) is 18.2 Å². The lowest BCUT2D eigenvalue weighted by molar-refractivity contribution is -0.396. The Kier molecular flexibility index (Phi) is 11.4. The average Bonchev–Trinajstić information content (AvgIpc) is 2.82. The van der Waals surface area contributed by atoms with Crippen molar-refractivity contribution in [2.24, 2.45) is 5.73 Å². The van der Waals surface area contributed by atoms with Crippen LogP contribution in [0.3, 0.4) is 0 Å². The minimum atomic E-state index is -1.26. The summed E-state index contributed by atoms with van der Waals surface area (Å²) in [7, 11) is 2.25. The van der Waals surface area contributed by atoms with Crippen molar-refractivity contribution in [1.29, 1.82) is 0 Å². The van der Waals surface area contributed by atoms with E-state index in [0.717, 1.165) is 44.2 Å². The number of carbonyl (C=O) groups is 4. The molecule has 1 aromatic carbocycles. The Bertz CT molecular complexity index is 957. The zero-order valence-electron chi connectivity index (χ0n) is 18.2. The number of non-ortho nitro benzene ring substituents is 1. The van der Waals surface area contributed by atoms with Gasteiger partial charge in [-0.1, -0.05) is 0 Å². The van der Waals surface area contributed by atoms with E-state index in [4.69, 9.17) is 5.73 Å². The van der Waals surface area contributed by atoms with E-state index < -0.39 is 63.6 Å². The van der Waals surface area contributed by atoms with Crippen molar-refractivity contribution < 1.29 is 38.5 Å². The highest BCUT2D eigenvalue weighted by Crippen LogP contribution is 2.32. The van der Waals surface area contributed by atoms with E-state index in [1.165, 1.54) is 0 Å². The molecule has 2 amide bonds. The minimum absolute atomic E-state index is 0.0170. The molecule has 15 nitrogen and oxygen atoms in total. The Morgan fingerprint density at radius 1 is 1.12 bits per heavy atom. The van der Waals surface area contributed by atoms with E-state index in [1.807, 2.05) is 0 Å². The molecule has 0 bridgehead atoms. The van der Waals surface area contributed by atoms with Gasteiger partial charge in [0.25, 0.3) is 11.4 Å². The Morgan fingerprint density at radius 3 is 2.35 bits per heavy atom. The van der Waals surface area contributed by atoms with E-state index in [1.54, 1.807) is 0 Å². The molecule has 0 aliphatic rings. The third-order valence-electron chi connectivity index (χ3n) is 4.23. The van der Waals surface area contributed by atoms with Gasteiger partial charge in [-0.3, -0.25) is 39.4 Å². The summed E-state index contributed by atoms with van der Waals surface area (Å²) < 4.78 is 8.89. The summed E-state index contributed by atoms with van der Waals surface area (Å²) in [4.78, 5) is 68.1. The highest BCUT2D eigenvalue weighted by atomic mass is 32.2. The number of nitrogens with one attached hydrogen (secondary N) is 2. The number of carbonyl (C=O) groups excluding carboxylic acids is 4. The second-order valence-corrected chi connectivity index (χ2v) is 7.62. The number of amides is 2. The molecule has 1 unspecified atom stereocenters. The maximum absolute atomic E-state index is 12.5. The van der Waals surface area contributed by atoms with Gasteiger partial charge < -0.3 is 25.8 Å². The number of thioether (sulfide) groups is 1. The van der Waals surface area contributed by atoms with Crippen molar-refractivity contribution >= 4 is 46.9 Å². The molecule has 0 fully saturated rings. The summed E-state index contributed by atoms with van der Waals surface area (Å²) in [5.74, 6) is -3.13. The molecule has 34 heavy (non-hydrogen) atoms. The first-order chi connectivity index (χ1) is 16.0. The van der Waals surface area contributed by atoms with Crippen LogP contribution in [0.4, 0.5) is 11.4 Å². The van der Waals surface area contributed by atoms with Crippen molar-refractivity contribution in [3.63, 3.8) is 0 Å². The zero-order valence-corrected chi connectivity index (χ0v) is 19.0. The molecule has 4 N–H and O–H groups in total. The number of benzene rings is 1. The number of nitrogens with two attached hydrogens (primary N) is 1. The van der Waals surface area contributed by atoms with Crippen LogP contribution in [-0.4, -0.2) is 72.2 Å². The Hall–Kier alpha value is -3.79. The number of ether oxygens (including phenoxy) is 2. The number of rotatable bonds is 13. The molecule has 0 heterocycles. The Morgan fingerprint density at radius 2 is 1.79 bits per heavy atom. The topological polar surface area (TPSA) is 223 Å². The number of esters is 2. The summed E-state index contributed by atoms with van der Waals surface area (Å²) in [6.45, 7) is -0.489. The van der Waals surface area contributed by atoms with E-state index in [2.05, 4.69) is 20.1 Å². The second kappa shape index (κ2) is 13.7. The number of hydrogen-bond donors (Lipinski definition) is 3. The lowest BCUT2D eigenvalue weighted by atomic mass is 10.1. The highest BCUT2D eigenvalue weighted by Gasteiger charge is 2.26. The fraction of sp³-hybridized carbons (Fsp3) is 0.444. The smallest absolute Gasteiger partial charge is 0.325 e. The van der Waals surface area contributed by atoms with Crippen LogP contribution in [0.25, 0.3) is 0 Å².